The van der Waals surface area contributed by atoms with Gasteiger partial charge < -0.3 is 14.7 Å². The third kappa shape index (κ3) is 4.85. The lowest BCUT2D eigenvalue weighted by atomic mass is 9.97. The molecule has 5 nitrogen and oxygen atoms in total. The van der Waals surface area contributed by atoms with Gasteiger partial charge in [0.1, 0.15) is 5.75 Å². The smallest absolute Gasteiger partial charge is 0.306 e. The second-order valence-electron chi connectivity index (χ2n) is 6.15. The summed E-state index contributed by atoms with van der Waals surface area (Å²) in [6, 6.07) is 7.63. The van der Waals surface area contributed by atoms with Crippen molar-refractivity contribution in [3.05, 3.63) is 35.9 Å². The number of carbonyl (C=O) groups excluding carboxylic acids is 1. The molecule has 1 aliphatic heterocycles. The third-order valence-electron chi connectivity index (χ3n) is 4.38. The predicted molar refractivity (Wildman–Crippen MR) is 92.8 cm³/mol. The summed E-state index contributed by atoms with van der Waals surface area (Å²) in [5.41, 5.74) is 0.867. The van der Waals surface area contributed by atoms with E-state index in [1.165, 1.54) is 0 Å². The van der Waals surface area contributed by atoms with Crippen molar-refractivity contribution in [2.24, 2.45) is 5.92 Å². The van der Waals surface area contributed by atoms with E-state index in [2.05, 4.69) is 6.92 Å². The van der Waals surface area contributed by atoms with Gasteiger partial charge in [0, 0.05) is 24.7 Å². The first-order chi connectivity index (χ1) is 11.5. The Balaban J connectivity index is 1.98. The Morgan fingerprint density at radius 3 is 2.62 bits per heavy atom. The molecule has 1 fully saturated rings. The molecule has 1 heterocycles. The molecule has 0 saturated carbocycles. The van der Waals surface area contributed by atoms with Crippen molar-refractivity contribution in [3.8, 4) is 5.75 Å². The molecule has 1 aliphatic rings. The van der Waals surface area contributed by atoms with Crippen molar-refractivity contribution in [1.29, 1.82) is 0 Å². The molecule has 1 unspecified atom stereocenters. The van der Waals surface area contributed by atoms with Crippen molar-refractivity contribution < 1.29 is 19.4 Å². The summed E-state index contributed by atoms with van der Waals surface area (Å²) in [5, 5.41) is 9.01. The number of hydrogen-bond acceptors (Lipinski definition) is 3. The molecule has 1 aromatic rings. The fourth-order valence-electron chi connectivity index (χ4n) is 2.64. The van der Waals surface area contributed by atoms with E-state index in [9.17, 15) is 9.59 Å². The van der Waals surface area contributed by atoms with Crippen molar-refractivity contribution in [2.75, 3.05) is 13.1 Å². The highest BCUT2D eigenvalue weighted by molar-refractivity contribution is 5.92. The Morgan fingerprint density at radius 2 is 2.00 bits per heavy atom. The highest BCUT2D eigenvalue weighted by Crippen LogP contribution is 2.22. The second kappa shape index (κ2) is 8.52. The molecular weight excluding hydrogens is 306 g/mol. The van der Waals surface area contributed by atoms with Gasteiger partial charge in [-0.1, -0.05) is 25.1 Å². The van der Waals surface area contributed by atoms with Gasteiger partial charge in [-0.05, 0) is 38.3 Å². The molecule has 0 bridgehead atoms. The van der Waals surface area contributed by atoms with Gasteiger partial charge in [0.25, 0.3) is 0 Å². The first kappa shape index (κ1) is 18.0. The normalized spacial score (nSPS) is 17.0. The highest BCUT2D eigenvalue weighted by Gasteiger charge is 2.25. The zero-order valence-corrected chi connectivity index (χ0v) is 14.3. The van der Waals surface area contributed by atoms with E-state index in [1.807, 2.05) is 31.2 Å². The van der Waals surface area contributed by atoms with Crippen LogP contribution in [0.4, 0.5) is 0 Å². The highest BCUT2D eigenvalue weighted by atomic mass is 16.5. The van der Waals surface area contributed by atoms with E-state index >= 15 is 0 Å². The van der Waals surface area contributed by atoms with E-state index in [4.69, 9.17) is 9.84 Å². The van der Waals surface area contributed by atoms with E-state index in [0.717, 1.165) is 17.7 Å². The van der Waals surface area contributed by atoms with Gasteiger partial charge in [0.2, 0.25) is 5.91 Å². The summed E-state index contributed by atoms with van der Waals surface area (Å²) in [7, 11) is 0. The summed E-state index contributed by atoms with van der Waals surface area (Å²) < 4.78 is 5.87. The number of carbonyl (C=O) groups is 2. The van der Waals surface area contributed by atoms with Crippen LogP contribution in [-0.2, 0) is 9.59 Å². The monoisotopic (exact) mass is 331 g/mol. The standard InChI is InChI=1S/C19H25NO4/c1-3-14(2)24-17-7-5-4-6-15(17)8-9-18(21)20-12-10-16(11-13-20)19(22)23/h4-9,14,16H,3,10-13H2,1-2H3,(H,22,23)/b9-8+. The van der Waals surface area contributed by atoms with Crippen LogP contribution in [0.5, 0.6) is 5.75 Å². The maximum absolute atomic E-state index is 12.3. The van der Waals surface area contributed by atoms with E-state index in [0.29, 0.717) is 25.9 Å². The number of carboxylic acids is 1. The Bertz CT molecular complexity index is 603. The van der Waals surface area contributed by atoms with E-state index in [1.54, 1.807) is 17.1 Å². The summed E-state index contributed by atoms with van der Waals surface area (Å²) in [5.74, 6) is -0.422. The van der Waals surface area contributed by atoms with Crippen LogP contribution in [0.2, 0.25) is 0 Å². The molecule has 1 saturated heterocycles. The number of piperidine rings is 1. The first-order valence-electron chi connectivity index (χ1n) is 8.46. The minimum atomic E-state index is -0.770. The average Bonchev–Trinajstić information content (AvgIpc) is 2.60. The van der Waals surface area contributed by atoms with Gasteiger partial charge >= 0.3 is 5.97 Å². The molecule has 0 radical (unpaired) electrons. The van der Waals surface area contributed by atoms with Crippen LogP contribution in [0.1, 0.15) is 38.7 Å². The topological polar surface area (TPSA) is 66.8 Å². The molecule has 130 valence electrons. The van der Waals surface area contributed by atoms with Gasteiger partial charge in [-0.3, -0.25) is 9.59 Å². The summed E-state index contributed by atoms with van der Waals surface area (Å²) >= 11 is 0. The maximum Gasteiger partial charge on any atom is 0.306 e. The van der Waals surface area contributed by atoms with Crippen molar-refractivity contribution in [3.63, 3.8) is 0 Å². The fraction of sp³-hybridized carbons (Fsp3) is 0.474. The van der Waals surface area contributed by atoms with Crippen LogP contribution in [0.25, 0.3) is 6.08 Å². The van der Waals surface area contributed by atoms with Crippen LogP contribution < -0.4 is 4.74 Å². The zero-order valence-electron chi connectivity index (χ0n) is 14.3. The number of hydrogen-bond donors (Lipinski definition) is 1. The lowest BCUT2D eigenvalue weighted by Crippen LogP contribution is -2.39. The molecule has 0 aliphatic carbocycles. The molecule has 2 rings (SSSR count). The molecule has 1 amide bonds. The third-order valence-corrected chi connectivity index (χ3v) is 4.38. The van der Waals surface area contributed by atoms with Crippen molar-refractivity contribution >= 4 is 18.0 Å². The lowest BCUT2D eigenvalue weighted by Gasteiger charge is -2.29. The minimum absolute atomic E-state index is 0.0859. The maximum atomic E-state index is 12.3. The average molecular weight is 331 g/mol. The van der Waals surface area contributed by atoms with Gasteiger partial charge in [-0.25, -0.2) is 0 Å². The van der Waals surface area contributed by atoms with Crippen LogP contribution >= 0.6 is 0 Å². The lowest BCUT2D eigenvalue weighted by molar-refractivity contribution is -0.144. The largest absolute Gasteiger partial charge is 0.490 e. The summed E-state index contributed by atoms with van der Waals surface area (Å²) in [4.78, 5) is 25.0. The molecule has 1 atom stereocenters. The molecule has 1 N–H and O–H groups in total. The number of likely N-dealkylation sites (tertiary alicyclic amines) is 1. The van der Waals surface area contributed by atoms with Gasteiger partial charge in [-0.2, -0.15) is 0 Å². The van der Waals surface area contributed by atoms with Crippen LogP contribution in [0, 0.1) is 5.92 Å². The quantitative estimate of drug-likeness (QED) is 0.813. The van der Waals surface area contributed by atoms with Crippen LogP contribution in [0.3, 0.4) is 0 Å². The SMILES string of the molecule is CCC(C)Oc1ccccc1/C=C/C(=O)N1CCC(C(=O)O)CC1. The summed E-state index contributed by atoms with van der Waals surface area (Å²) in [6.45, 7) is 5.06. The molecule has 5 heteroatoms. The number of rotatable bonds is 6. The van der Waals surface area contributed by atoms with Gasteiger partial charge in [0.05, 0.1) is 12.0 Å². The minimum Gasteiger partial charge on any atom is -0.490 e. The Labute approximate surface area is 142 Å². The first-order valence-corrected chi connectivity index (χ1v) is 8.46. The molecule has 0 aromatic heterocycles. The molecule has 24 heavy (non-hydrogen) atoms. The number of aliphatic carboxylic acids is 1. The number of amides is 1. The van der Waals surface area contributed by atoms with Gasteiger partial charge in [0.15, 0.2) is 0 Å². The fourth-order valence-corrected chi connectivity index (χ4v) is 2.64. The number of ether oxygens (including phenoxy) is 1. The van der Waals surface area contributed by atoms with Gasteiger partial charge in [-0.15, -0.1) is 0 Å². The predicted octanol–water partition coefficient (Wildman–Crippen LogP) is 3.20. The van der Waals surface area contributed by atoms with E-state index < -0.39 is 5.97 Å². The van der Waals surface area contributed by atoms with Crippen LogP contribution in [0.15, 0.2) is 30.3 Å². The number of nitrogens with zero attached hydrogens (tertiary/aromatic N) is 1. The molecular formula is C19H25NO4. The van der Waals surface area contributed by atoms with Crippen molar-refractivity contribution in [1.82, 2.24) is 4.90 Å². The molecule has 1 aromatic carbocycles. The number of para-hydroxylation sites is 1. The summed E-state index contributed by atoms with van der Waals surface area (Å²) in [6.07, 6.45) is 5.37. The van der Waals surface area contributed by atoms with Crippen LogP contribution in [-0.4, -0.2) is 41.1 Å². The Morgan fingerprint density at radius 1 is 1.33 bits per heavy atom. The zero-order chi connectivity index (χ0) is 17.5. The Hall–Kier alpha value is -2.30. The van der Waals surface area contributed by atoms with Crippen molar-refractivity contribution in [2.45, 2.75) is 39.2 Å². The number of benzene rings is 1. The molecule has 0 spiro atoms. The Kier molecular flexibility index (Phi) is 6.41. The van der Waals surface area contributed by atoms with E-state index in [-0.39, 0.29) is 17.9 Å². The number of carboxylic acid groups (broad SMARTS) is 1. The second-order valence-corrected chi connectivity index (χ2v) is 6.15.